The van der Waals surface area contributed by atoms with E-state index in [4.69, 9.17) is 15.3 Å². The molecule has 0 unspecified atom stereocenters. The van der Waals surface area contributed by atoms with Crippen LogP contribution in [0.25, 0.3) is 0 Å². The molecule has 178 valence electrons. The largest absolute Gasteiger partial charge is 0.481 e. The van der Waals surface area contributed by atoms with Crippen molar-refractivity contribution >= 4 is 39.5 Å². The van der Waals surface area contributed by atoms with Gasteiger partial charge in [0, 0.05) is 23.5 Å². The van der Waals surface area contributed by atoms with Gasteiger partial charge in [-0.3, -0.25) is 15.0 Å². The number of hydrogen-bond acceptors (Lipinski definition) is 5. The fourth-order valence-corrected chi connectivity index (χ4v) is 4.74. The zero-order valence-electron chi connectivity index (χ0n) is 18.6. The van der Waals surface area contributed by atoms with E-state index < -0.39 is 23.9 Å². The van der Waals surface area contributed by atoms with Crippen LogP contribution in [0.5, 0.6) is 5.75 Å². The minimum absolute atomic E-state index is 0.0476. The molecule has 1 aliphatic carbocycles. The van der Waals surface area contributed by atoms with Crippen molar-refractivity contribution in [2.24, 2.45) is 5.92 Å². The number of carboxylic acid groups (broad SMARTS) is 1. The lowest BCUT2D eigenvalue weighted by Gasteiger charge is -2.42. The summed E-state index contributed by atoms with van der Waals surface area (Å²) in [4.78, 5) is 38.6. The van der Waals surface area contributed by atoms with Crippen LogP contribution in [0.3, 0.4) is 0 Å². The summed E-state index contributed by atoms with van der Waals surface area (Å²) < 4.78 is 5.91. The van der Waals surface area contributed by atoms with E-state index in [1.165, 1.54) is 12.1 Å². The van der Waals surface area contributed by atoms with Crippen LogP contribution in [0.1, 0.15) is 41.6 Å². The minimum Gasteiger partial charge on any atom is -0.481 e. The van der Waals surface area contributed by atoms with Crippen LogP contribution >= 0.6 is 15.9 Å². The average molecular weight is 528 g/mol. The number of carbonyl (C=O) groups is 3. The number of carbonyl (C=O) groups excluding carboxylic acids is 2. The normalized spacial score (nSPS) is 17.0. The van der Waals surface area contributed by atoms with Crippen molar-refractivity contribution in [3.8, 4) is 5.75 Å². The van der Waals surface area contributed by atoms with E-state index in [0.29, 0.717) is 30.4 Å². The standard InChI is InChI=1S/C25H26BrN3O5/c26-18-8-9-20(34-15-21(30)31)19(14-18)22(32)28-24(27)25(17-4-2-1-3-5-17)10-12-29(13-11-25)23(33)16-6-7-16/h1-5,8-9,14,16H,6-7,10-13,15H2,(H,30,31)(H2,27,28,32). The molecule has 9 heteroatoms. The van der Waals surface area contributed by atoms with Gasteiger partial charge in [-0.25, -0.2) is 4.79 Å². The summed E-state index contributed by atoms with van der Waals surface area (Å²) in [7, 11) is 0. The number of nitrogens with one attached hydrogen (secondary N) is 2. The molecule has 0 atom stereocenters. The van der Waals surface area contributed by atoms with E-state index in [9.17, 15) is 14.4 Å². The highest BCUT2D eigenvalue weighted by Crippen LogP contribution is 2.39. The number of nitrogens with zero attached hydrogens (tertiary/aromatic N) is 1. The quantitative estimate of drug-likeness (QED) is 0.375. The molecule has 8 nitrogen and oxygen atoms in total. The first-order valence-electron chi connectivity index (χ1n) is 11.2. The number of halogens is 1. The first-order chi connectivity index (χ1) is 16.3. The Morgan fingerprint density at radius 3 is 2.41 bits per heavy atom. The van der Waals surface area contributed by atoms with Gasteiger partial charge in [-0.2, -0.15) is 0 Å². The third kappa shape index (κ3) is 5.14. The summed E-state index contributed by atoms with van der Waals surface area (Å²) in [5.74, 6) is -1.22. The molecule has 1 aliphatic heterocycles. The van der Waals surface area contributed by atoms with Crippen LogP contribution in [0, 0.1) is 11.3 Å². The molecular formula is C25H26BrN3O5. The van der Waals surface area contributed by atoms with E-state index >= 15 is 0 Å². The number of piperidine rings is 1. The molecule has 2 aliphatic rings. The lowest BCUT2D eigenvalue weighted by molar-refractivity contribution is -0.139. The van der Waals surface area contributed by atoms with Crippen molar-refractivity contribution in [1.82, 2.24) is 10.2 Å². The van der Waals surface area contributed by atoms with Gasteiger partial charge in [0.15, 0.2) is 6.61 Å². The van der Waals surface area contributed by atoms with Crippen LogP contribution in [0.2, 0.25) is 0 Å². The second kappa shape index (κ2) is 9.97. The maximum absolute atomic E-state index is 13.2. The predicted molar refractivity (Wildman–Crippen MR) is 129 cm³/mol. The number of amidine groups is 1. The Balaban J connectivity index is 1.56. The maximum Gasteiger partial charge on any atom is 0.341 e. The van der Waals surface area contributed by atoms with Gasteiger partial charge in [0.1, 0.15) is 11.6 Å². The monoisotopic (exact) mass is 527 g/mol. The molecule has 2 aromatic rings. The van der Waals surface area contributed by atoms with Crippen molar-refractivity contribution in [3.05, 3.63) is 64.1 Å². The zero-order valence-corrected chi connectivity index (χ0v) is 20.1. The Hall–Kier alpha value is -3.20. The van der Waals surface area contributed by atoms with Gasteiger partial charge in [-0.05, 0) is 49.4 Å². The lowest BCUT2D eigenvalue weighted by Crippen LogP contribution is -2.53. The first kappa shape index (κ1) is 23.9. The Morgan fingerprint density at radius 2 is 1.79 bits per heavy atom. The topological polar surface area (TPSA) is 120 Å². The molecule has 2 fully saturated rings. The smallest absolute Gasteiger partial charge is 0.341 e. The van der Waals surface area contributed by atoms with Crippen molar-refractivity contribution in [2.75, 3.05) is 19.7 Å². The molecule has 0 bridgehead atoms. The number of hydrogen-bond donors (Lipinski definition) is 3. The molecule has 1 saturated carbocycles. The predicted octanol–water partition coefficient (Wildman–Crippen LogP) is 3.59. The van der Waals surface area contributed by atoms with Crippen LogP contribution < -0.4 is 10.1 Å². The summed E-state index contributed by atoms with van der Waals surface area (Å²) in [5.41, 5.74) is 0.297. The van der Waals surface area contributed by atoms with Gasteiger partial charge in [-0.15, -0.1) is 0 Å². The second-order valence-electron chi connectivity index (χ2n) is 8.70. The van der Waals surface area contributed by atoms with E-state index in [1.807, 2.05) is 35.2 Å². The number of benzene rings is 2. The Kier molecular flexibility index (Phi) is 7.02. The van der Waals surface area contributed by atoms with Crippen molar-refractivity contribution in [2.45, 2.75) is 31.1 Å². The van der Waals surface area contributed by atoms with Gasteiger partial charge < -0.3 is 20.1 Å². The van der Waals surface area contributed by atoms with Crippen molar-refractivity contribution in [3.63, 3.8) is 0 Å². The summed E-state index contributed by atoms with van der Waals surface area (Å²) in [6.45, 7) is 0.455. The lowest BCUT2D eigenvalue weighted by atomic mass is 9.71. The highest BCUT2D eigenvalue weighted by Gasteiger charge is 2.44. The third-order valence-corrected chi connectivity index (χ3v) is 6.93. The molecule has 0 radical (unpaired) electrons. The highest BCUT2D eigenvalue weighted by molar-refractivity contribution is 9.10. The maximum atomic E-state index is 13.2. The average Bonchev–Trinajstić information content (AvgIpc) is 3.69. The number of carboxylic acids is 1. The molecule has 2 aromatic carbocycles. The summed E-state index contributed by atoms with van der Waals surface area (Å²) in [5, 5.41) is 20.6. The summed E-state index contributed by atoms with van der Waals surface area (Å²) >= 11 is 3.33. The van der Waals surface area contributed by atoms with Crippen LogP contribution in [0.4, 0.5) is 0 Å². The second-order valence-corrected chi connectivity index (χ2v) is 9.62. The van der Waals surface area contributed by atoms with Gasteiger partial charge in [0.25, 0.3) is 5.91 Å². The first-order valence-corrected chi connectivity index (χ1v) is 12.0. The molecule has 4 rings (SSSR count). The van der Waals surface area contributed by atoms with Crippen LogP contribution in [-0.2, 0) is 15.0 Å². The number of likely N-dealkylation sites (tertiary alicyclic amines) is 1. The third-order valence-electron chi connectivity index (χ3n) is 6.44. The number of amides is 2. The van der Waals surface area contributed by atoms with Gasteiger partial charge in [0.05, 0.1) is 11.0 Å². The van der Waals surface area contributed by atoms with Crippen molar-refractivity contribution in [1.29, 1.82) is 5.41 Å². The minimum atomic E-state index is -1.16. The molecule has 2 amide bonds. The number of rotatable bonds is 7. The molecule has 1 saturated heterocycles. The Bertz CT molecular complexity index is 1110. The SMILES string of the molecule is N=C(NC(=O)c1cc(Br)ccc1OCC(=O)O)C1(c2ccccc2)CCN(C(=O)C2CC2)CC1. The van der Waals surface area contributed by atoms with Gasteiger partial charge in [0.2, 0.25) is 5.91 Å². The fraction of sp³-hybridized carbons (Fsp3) is 0.360. The van der Waals surface area contributed by atoms with Gasteiger partial charge >= 0.3 is 5.97 Å². The molecular weight excluding hydrogens is 502 g/mol. The molecule has 3 N–H and O–H groups in total. The molecule has 1 heterocycles. The van der Waals surface area contributed by atoms with E-state index in [2.05, 4.69) is 21.2 Å². The Morgan fingerprint density at radius 1 is 1.12 bits per heavy atom. The number of aliphatic carboxylic acids is 1. The van der Waals surface area contributed by atoms with Crippen LogP contribution in [0.15, 0.2) is 53.0 Å². The van der Waals surface area contributed by atoms with E-state index in [-0.39, 0.29) is 29.0 Å². The number of ether oxygens (including phenoxy) is 1. The molecule has 0 aromatic heterocycles. The highest BCUT2D eigenvalue weighted by atomic mass is 79.9. The van der Waals surface area contributed by atoms with E-state index in [0.717, 1.165) is 18.4 Å². The van der Waals surface area contributed by atoms with E-state index in [1.54, 1.807) is 6.07 Å². The van der Waals surface area contributed by atoms with Gasteiger partial charge in [-0.1, -0.05) is 46.3 Å². The summed E-state index contributed by atoms with van der Waals surface area (Å²) in [6, 6.07) is 14.3. The Labute approximate surface area is 205 Å². The molecule has 0 spiro atoms. The summed E-state index contributed by atoms with van der Waals surface area (Å²) in [6.07, 6.45) is 2.94. The zero-order chi connectivity index (χ0) is 24.3. The van der Waals surface area contributed by atoms with Crippen LogP contribution in [-0.4, -0.2) is 53.3 Å². The van der Waals surface area contributed by atoms with Crippen molar-refractivity contribution < 1.29 is 24.2 Å². The fourth-order valence-electron chi connectivity index (χ4n) is 4.38. The molecule has 34 heavy (non-hydrogen) atoms.